The van der Waals surface area contributed by atoms with Crippen LogP contribution in [-0.2, 0) is 19.6 Å². The number of nitrogens with one attached hydrogen (secondary N) is 2. The number of hydrogen-bond donors (Lipinski definition) is 2. The van der Waals surface area contributed by atoms with Gasteiger partial charge in [0.2, 0.25) is 15.9 Å². The summed E-state index contributed by atoms with van der Waals surface area (Å²) in [6.45, 7) is 5.14. The molecule has 2 aromatic rings. The third-order valence-corrected chi connectivity index (χ3v) is 7.02. The molecular weight excluding hydrogens is 414 g/mol. The van der Waals surface area contributed by atoms with Gasteiger partial charge in [-0.2, -0.15) is 4.31 Å². The van der Waals surface area contributed by atoms with Crippen molar-refractivity contribution in [2.24, 2.45) is 0 Å². The molecule has 9 heteroatoms. The van der Waals surface area contributed by atoms with Gasteiger partial charge in [0.25, 0.3) is 0 Å². The van der Waals surface area contributed by atoms with Gasteiger partial charge in [0, 0.05) is 29.5 Å². The van der Waals surface area contributed by atoms with Gasteiger partial charge in [-0.25, -0.2) is 8.42 Å². The molecule has 0 aromatic heterocycles. The van der Waals surface area contributed by atoms with Crippen molar-refractivity contribution in [1.29, 1.82) is 0 Å². The fourth-order valence-corrected chi connectivity index (χ4v) is 4.53. The molecule has 0 atom stereocenters. The summed E-state index contributed by atoms with van der Waals surface area (Å²) in [6.07, 6.45) is 0. The van der Waals surface area contributed by atoms with Crippen molar-refractivity contribution in [3.05, 3.63) is 52.5 Å². The maximum atomic E-state index is 12.8. The number of carbonyl (C=O) groups is 1. The number of rotatable bonds is 6. The van der Waals surface area contributed by atoms with Crippen molar-refractivity contribution in [1.82, 2.24) is 4.31 Å². The zero-order chi connectivity index (χ0) is 21.0. The Morgan fingerprint density at radius 1 is 1.10 bits per heavy atom. The molecule has 1 saturated heterocycles. The monoisotopic (exact) mass is 437 g/mol. The van der Waals surface area contributed by atoms with E-state index >= 15 is 0 Å². The molecule has 1 amide bonds. The molecular formula is C20H24ClN3O4S. The highest BCUT2D eigenvalue weighted by Crippen LogP contribution is 2.24. The number of halogens is 1. The molecule has 0 unspecified atom stereocenters. The van der Waals surface area contributed by atoms with Crippen molar-refractivity contribution >= 4 is 38.9 Å². The number of hydrogen-bond acceptors (Lipinski definition) is 5. The van der Waals surface area contributed by atoms with Gasteiger partial charge < -0.3 is 15.4 Å². The Morgan fingerprint density at radius 2 is 1.79 bits per heavy atom. The Hall–Kier alpha value is -2.13. The van der Waals surface area contributed by atoms with E-state index in [9.17, 15) is 13.2 Å². The first-order valence-electron chi connectivity index (χ1n) is 9.26. The van der Waals surface area contributed by atoms with E-state index in [1.807, 2.05) is 26.0 Å². The van der Waals surface area contributed by atoms with E-state index in [4.69, 9.17) is 16.3 Å². The molecule has 0 spiro atoms. The highest BCUT2D eigenvalue weighted by molar-refractivity contribution is 7.89. The van der Waals surface area contributed by atoms with Crippen LogP contribution in [0.25, 0.3) is 0 Å². The number of anilines is 2. The number of sulfonamides is 1. The summed E-state index contributed by atoms with van der Waals surface area (Å²) in [5.41, 5.74) is 2.93. The lowest BCUT2D eigenvalue weighted by atomic mass is 10.2. The van der Waals surface area contributed by atoms with Gasteiger partial charge in [-0.3, -0.25) is 4.79 Å². The van der Waals surface area contributed by atoms with Crippen LogP contribution in [0, 0.1) is 13.8 Å². The van der Waals surface area contributed by atoms with Crippen LogP contribution in [0.3, 0.4) is 0 Å². The number of nitrogens with zero attached hydrogens (tertiary/aromatic N) is 1. The largest absolute Gasteiger partial charge is 0.379 e. The number of ether oxygens (including phenoxy) is 1. The van der Waals surface area contributed by atoms with Crippen LogP contribution in [0.1, 0.15) is 11.1 Å². The minimum atomic E-state index is -3.63. The summed E-state index contributed by atoms with van der Waals surface area (Å²) in [6, 6.07) is 10.2. The van der Waals surface area contributed by atoms with Crippen molar-refractivity contribution in [3.8, 4) is 0 Å². The van der Waals surface area contributed by atoms with Crippen molar-refractivity contribution < 1.29 is 17.9 Å². The molecule has 1 aliphatic heterocycles. The predicted octanol–water partition coefficient (Wildman–Crippen LogP) is 3.03. The highest BCUT2D eigenvalue weighted by atomic mass is 35.5. The topological polar surface area (TPSA) is 87.7 Å². The maximum absolute atomic E-state index is 12.8. The Balaban J connectivity index is 1.69. The summed E-state index contributed by atoms with van der Waals surface area (Å²) in [5.74, 6) is -0.286. The second-order valence-electron chi connectivity index (χ2n) is 6.86. The molecule has 1 aliphatic rings. The second-order valence-corrected chi connectivity index (χ2v) is 9.20. The molecule has 2 aromatic carbocycles. The zero-order valence-electron chi connectivity index (χ0n) is 16.4. The average Bonchev–Trinajstić information content (AvgIpc) is 2.71. The fraction of sp³-hybridized carbons (Fsp3) is 0.350. The molecule has 1 heterocycles. The minimum absolute atomic E-state index is 0.0271. The molecule has 2 N–H and O–H groups in total. The van der Waals surface area contributed by atoms with Crippen LogP contribution in [0.2, 0.25) is 5.02 Å². The lowest BCUT2D eigenvalue weighted by Gasteiger charge is -2.26. The summed E-state index contributed by atoms with van der Waals surface area (Å²) in [4.78, 5) is 12.5. The van der Waals surface area contributed by atoms with E-state index in [2.05, 4.69) is 10.6 Å². The number of carbonyl (C=O) groups excluding carboxylic acids is 1. The Labute approximate surface area is 176 Å². The Kier molecular flexibility index (Phi) is 6.79. The Morgan fingerprint density at radius 3 is 2.48 bits per heavy atom. The van der Waals surface area contributed by atoms with Crippen LogP contribution in [0.5, 0.6) is 0 Å². The molecule has 0 aliphatic carbocycles. The van der Waals surface area contributed by atoms with E-state index in [-0.39, 0.29) is 17.3 Å². The summed E-state index contributed by atoms with van der Waals surface area (Å²) in [7, 11) is -3.63. The lowest BCUT2D eigenvalue weighted by molar-refractivity contribution is -0.114. The smallest absolute Gasteiger partial charge is 0.243 e. The van der Waals surface area contributed by atoms with Crippen LogP contribution in [0.15, 0.2) is 41.3 Å². The average molecular weight is 438 g/mol. The highest BCUT2D eigenvalue weighted by Gasteiger charge is 2.26. The van der Waals surface area contributed by atoms with E-state index in [0.29, 0.717) is 37.0 Å². The normalized spacial score (nSPS) is 15.1. The molecule has 0 saturated carbocycles. The van der Waals surface area contributed by atoms with Gasteiger partial charge in [0.15, 0.2) is 0 Å². The Bertz CT molecular complexity index is 1000. The van der Waals surface area contributed by atoms with E-state index < -0.39 is 10.0 Å². The van der Waals surface area contributed by atoms with Crippen LogP contribution in [0.4, 0.5) is 11.4 Å². The van der Waals surface area contributed by atoms with E-state index in [1.54, 1.807) is 18.2 Å². The first-order chi connectivity index (χ1) is 13.8. The molecule has 1 fully saturated rings. The van der Waals surface area contributed by atoms with Crippen molar-refractivity contribution in [2.75, 3.05) is 43.5 Å². The van der Waals surface area contributed by atoms with E-state index in [1.165, 1.54) is 10.4 Å². The van der Waals surface area contributed by atoms with Gasteiger partial charge in [-0.15, -0.1) is 0 Å². The molecule has 7 nitrogen and oxygen atoms in total. The molecule has 156 valence electrons. The number of amides is 1. The minimum Gasteiger partial charge on any atom is -0.379 e. The van der Waals surface area contributed by atoms with Gasteiger partial charge in [-0.05, 0) is 49.2 Å². The van der Waals surface area contributed by atoms with Gasteiger partial charge >= 0.3 is 0 Å². The molecule has 0 bridgehead atoms. The van der Waals surface area contributed by atoms with Crippen LogP contribution < -0.4 is 10.6 Å². The number of benzene rings is 2. The summed E-state index contributed by atoms with van der Waals surface area (Å²) < 4.78 is 32.3. The summed E-state index contributed by atoms with van der Waals surface area (Å²) in [5, 5.41) is 6.41. The third kappa shape index (κ3) is 5.27. The second kappa shape index (κ2) is 9.13. The fourth-order valence-electron chi connectivity index (χ4n) is 2.91. The zero-order valence-corrected chi connectivity index (χ0v) is 17.9. The lowest BCUT2D eigenvalue weighted by Crippen LogP contribution is -2.40. The van der Waals surface area contributed by atoms with Gasteiger partial charge in [-0.1, -0.05) is 23.7 Å². The maximum Gasteiger partial charge on any atom is 0.243 e. The van der Waals surface area contributed by atoms with Crippen molar-refractivity contribution in [3.63, 3.8) is 0 Å². The van der Waals surface area contributed by atoms with E-state index in [0.717, 1.165) is 16.8 Å². The molecule has 29 heavy (non-hydrogen) atoms. The molecule has 3 rings (SSSR count). The standard InChI is InChI=1S/C20H24ClN3O4S/c1-14-3-5-16(11-18(14)21)22-13-20(25)23-19-12-17(6-4-15(19)2)29(26,27)24-7-9-28-10-8-24/h3-6,11-12,22H,7-10,13H2,1-2H3,(H,23,25). The first-order valence-corrected chi connectivity index (χ1v) is 11.1. The van der Waals surface area contributed by atoms with Crippen LogP contribution >= 0.6 is 11.6 Å². The quantitative estimate of drug-likeness (QED) is 0.725. The number of morpholine rings is 1. The molecule has 0 radical (unpaired) electrons. The first kappa shape index (κ1) is 21.6. The SMILES string of the molecule is Cc1ccc(NCC(=O)Nc2cc(S(=O)(=O)N3CCOCC3)ccc2C)cc1Cl. The predicted molar refractivity (Wildman–Crippen MR) is 114 cm³/mol. The number of aryl methyl sites for hydroxylation is 2. The third-order valence-electron chi connectivity index (χ3n) is 4.72. The summed E-state index contributed by atoms with van der Waals surface area (Å²) >= 11 is 6.09. The van der Waals surface area contributed by atoms with Gasteiger partial charge in [0.1, 0.15) is 0 Å². The van der Waals surface area contributed by atoms with Crippen molar-refractivity contribution in [2.45, 2.75) is 18.7 Å². The van der Waals surface area contributed by atoms with Gasteiger partial charge in [0.05, 0.1) is 24.7 Å². The van der Waals surface area contributed by atoms with Crippen LogP contribution in [-0.4, -0.2) is 51.5 Å².